The van der Waals surface area contributed by atoms with E-state index in [2.05, 4.69) is 25.3 Å². The molecule has 15 heteroatoms. The summed E-state index contributed by atoms with van der Waals surface area (Å²) in [6.45, 7) is 3.94. The van der Waals surface area contributed by atoms with Gasteiger partial charge in [0, 0.05) is 18.2 Å². The van der Waals surface area contributed by atoms with E-state index in [1.54, 1.807) is 38.3 Å². The van der Waals surface area contributed by atoms with E-state index in [4.69, 9.17) is 9.57 Å². The summed E-state index contributed by atoms with van der Waals surface area (Å²) >= 11 is 1.16. The first-order valence-electron chi connectivity index (χ1n) is 13.5. The number of carbonyl (C=O) groups is 2. The molecule has 3 aromatic carbocycles. The van der Waals surface area contributed by atoms with Crippen LogP contribution in [-0.2, 0) is 21.0 Å². The minimum Gasteiger partial charge on any atom is -0.406 e. The average Bonchev–Trinajstić information content (AvgIpc) is 3.64. The molecule has 1 aromatic heterocycles. The largest absolute Gasteiger partial charge is 0.573 e. The van der Waals surface area contributed by atoms with Gasteiger partial charge in [0.05, 0.1) is 23.7 Å². The Kier molecular flexibility index (Phi) is 9.51. The lowest BCUT2D eigenvalue weighted by Crippen LogP contribution is -2.32. The van der Waals surface area contributed by atoms with Crippen molar-refractivity contribution in [2.24, 2.45) is 4.99 Å². The summed E-state index contributed by atoms with van der Waals surface area (Å²) in [5.74, 6) is 0.00389. The monoisotopic (exact) mass is 640 g/mol. The molecule has 0 radical (unpaired) electrons. The Morgan fingerprint density at radius 2 is 1.84 bits per heavy atom. The molecule has 45 heavy (non-hydrogen) atoms. The average molecular weight is 641 g/mol. The highest BCUT2D eigenvalue weighted by molar-refractivity contribution is 8.15. The van der Waals surface area contributed by atoms with E-state index in [1.165, 1.54) is 40.2 Å². The number of halogens is 3. The molecule has 0 aliphatic carbocycles. The second-order valence-corrected chi connectivity index (χ2v) is 10.8. The van der Waals surface area contributed by atoms with Crippen LogP contribution in [0.5, 0.6) is 5.75 Å². The van der Waals surface area contributed by atoms with E-state index in [0.717, 1.165) is 28.5 Å². The van der Waals surface area contributed by atoms with E-state index in [-0.39, 0.29) is 22.6 Å². The summed E-state index contributed by atoms with van der Waals surface area (Å²) in [7, 11) is 1.56. The first-order chi connectivity index (χ1) is 21.5. The maximum Gasteiger partial charge on any atom is 0.573 e. The molecule has 1 aliphatic heterocycles. The van der Waals surface area contributed by atoms with Crippen LogP contribution < -0.4 is 15.1 Å². The normalized spacial score (nSPS) is 15.0. The molecule has 234 valence electrons. The number of urea groups is 1. The molecule has 1 fully saturated rings. The van der Waals surface area contributed by atoms with E-state index < -0.39 is 18.5 Å². The Hall–Kier alpha value is -4.73. The van der Waals surface area contributed by atoms with Crippen molar-refractivity contribution in [1.29, 1.82) is 0 Å². The zero-order valence-electron chi connectivity index (χ0n) is 24.2. The highest BCUT2D eigenvalue weighted by Gasteiger charge is 2.32. The minimum atomic E-state index is -4.77. The molecule has 1 N–H and O–H groups in total. The highest BCUT2D eigenvalue weighted by atomic mass is 32.2. The standard InChI is InChI=1S/C30H27F3N6O5S/c1-18-4-5-22(15-42-3)25(14-18)39-26(40)16-45-29(39)35-28(41)37-44-19(2)20-6-8-21(9-7-20)27-34-17-38(36-27)23-10-12-24(13-11-23)43-30(31,32)33/h4-14,17,19H,15-16H2,1-3H3,(H,37,41). The number of anilines is 1. The van der Waals surface area contributed by atoms with Gasteiger partial charge in [0.1, 0.15) is 18.2 Å². The number of nitrogens with zero attached hydrogens (tertiary/aromatic N) is 5. The number of hydrogen-bond donors (Lipinski definition) is 1. The molecule has 11 nitrogen and oxygen atoms in total. The number of methoxy groups -OCH3 is 1. The van der Waals surface area contributed by atoms with Crippen molar-refractivity contribution >= 4 is 34.6 Å². The van der Waals surface area contributed by atoms with E-state index >= 15 is 0 Å². The Morgan fingerprint density at radius 3 is 2.53 bits per heavy atom. The van der Waals surface area contributed by atoms with Gasteiger partial charge in [-0.3, -0.25) is 14.5 Å². The van der Waals surface area contributed by atoms with Gasteiger partial charge in [0.15, 0.2) is 11.0 Å². The van der Waals surface area contributed by atoms with Gasteiger partial charge >= 0.3 is 12.4 Å². The fraction of sp³-hybridized carbons (Fsp3) is 0.233. The number of hydrogen-bond acceptors (Lipinski definition) is 8. The number of nitrogens with one attached hydrogen (secondary N) is 1. The molecule has 5 rings (SSSR count). The molecule has 0 bridgehead atoms. The number of aryl methyl sites for hydroxylation is 1. The number of thioether (sulfide) groups is 1. The lowest BCUT2D eigenvalue weighted by atomic mass is 10.1. The van der Waals surface area contributed by atoms with Crippen LogP contribution in [-0.4, -0.2) is 51.1 Å². The maximum absolute atomic E-state index is 12.7. The number of carbonyl (C=O) groups excluding carboxylic acids is 2. The minimum absolute atomic E-state index is 0.145. The van der Waals surface area contributed by atoms with Crippen molar-refractivity contribution < 1.29 is 37.1 Å². The van der Waals surface area contributed by atoms with Crippen LogP contribution in [0.4, 0.5) is 23.7 Å². The summed E-state index contributed by atoms with van der Waals surface area (Å²) in [5, 5.41) is 4.63. The summed E-state index contributed by atoms with van der Waals surface area (Å²) in [5.41, 5.74) is 6.59. The molecule has 2 heterocycles. The number of hydroxylamine groups is 1. The lowest BCUT2D eigenvalue weighted by molar-refractivity contribution is -0.274. The Labute approximate surface area is 260 Å². The summed E-state index contributed by atoms with van der Waals surface area (Å²) < 4.78 is 47.8. The quantitative estimate of drug-likeness (QED) is 0.217. The highest BCUT2D eigenvalue weighted by Crippen LogP contribution is 2.31. The van der Waals surface area contributed by atoms with Gasteiger partial charge in [-0.2, -0.15) is 4.99 Å². The lowest BCUT2D eigenvalue weighted by Gasteiger charge is -2.20. The number of benzene rings is 3. The summed E-state index contributed by atoms with van der Waals surface area (Å²) in [6, 6.07) is 17.2. The van der Waals surface area contributed by atoms with Gasteiger partial charge in [-0.05, 0) is 55.3 Å². The van der Waals surface area contributed by atoms with Gasteiger partial charge < -0.3 is 9.47 Å². The third-order valence-electron chi connectivity index (χ3n) is 6.53. The number of rotatable bonds is 9. The van der Waals surface area contributed by atoms with Crippen molar-refractivity contribution in [3.8, 4) is 22.8 Å². The summed E-state index contributed by atoms with van der Waals surface area (Å²) in [6.07, 6.45) is -3.88. The topological polar surface area (TPSA) is 120 Å². The fourth-order valence-electron chi connectivity index (χ4n) is 4.38. The van der Waals surface area contributed by atoms with E-state index in [1.807, 2.05) is 25.1 Å². The first-order valence-corrected chi connectivity index (χ1v) is 14.5. The molecule has 1 saturated heterocycles. The van der Waals surface area contributed by atoms with Gasteiger partial charge in [0.25, 0.3) is 0 Å². The first kappa shape index (κ1) is 31.7. The molecular formula is C30H27F3N6O5S. The van der Waals surface area contributed by atoms with Gasteiger partial charge in [0.2, 0.25) is 5.91 Å². The Morgan fingerprint density at radius 1 is 1.11 bits per heavy atom. The number of aliphatic imine (C=N–C) groups is 1. The molecule has 3 amide bonds. The predicted octanol–water partition coefficient (Wildman–Crippen LogP) is 6.13. The third-order valence-corrected chi connectivity index (χ3v) is 7.46. The van der Waals surface area contributed by atoms with Crippen molar-refractivity contribution in [2.45, 2.75) is 32.9 Å². The Balaban J connectivity index is 1.20. The van der Waals surface area contributed by atoms with E-state index in [0.29, 0.717) is 29.4 Å². The number of amides is 3. The van der Waals surface area contributed by atoms with Crippen molar-refractivity contribution in [3.05, 3.63) is 89.7 Å². The second kappa shape index (κ2) is 13.5. The zero-order chi connectivity index (χ0) is 32.1. The molecule has 1 unspecified atom stereocenters. The molecule has 0 saturated carbocycles. The van der Waals surface area contributed by atoms with Crippen LogP contribution in [0.25, 0.3) is 17.1 Å². The number of amidine groups is 1. The number of alkyl halides is 3. The van der Waals surface area contributed by atoms with Crippen molar-refractivity contribution in [3.63, 3.8) is 0 Å². The maximum atomic E-state index is 12.7. The van der Waals surface area contributed by atoms with Gasteiger partial charge in [-0.25, -0.2) is 19.9 Å². The van der Waals surface area contributed by atoms with Crippen molar-refractivity contribution in [2.75, 3.05) is 17.8 Å². The molecule has 1 aliphatic rings. The van der Waals surface area contributed by atoms with Crippen LogP contribution in [0.3, 0.4) is 0 Å². The molecular weight excluding hydrogens is 613 g/mol. The van der Waals surface area contributed by atoms with Crippen molar-refractivity contribution in [1.82, 2.24) is 20.2 Å². The number of aromatic nitrogens is 3. The Bertz CT molecular complexity index is 1710. The van der Waals surface area contributed by atoms with Crippen LogP contribution in [0.2, 0.25) is 0 Å². The fourth-order valence-corrected chi connectivity index (χ4v) is 5.24. The molecule has 1 atom stereocenters. The smallest absolute Gasteiger partial charge is 0.406 e. The molecule has 4 aromatic rings. The van der Waals surface area contributed by atoms with Gasteiger partial charge in [-0.1, -0.05) is 48.2 Å². The number of ether oxygens (including phenoxy) is 2. The molecule has 0 spiro atoms. The predicted molar refractivity (Wildman–Crippen MR) is 161 cm³/mol. The SMILES string of the molecule is COCc1ccc(C)cc1N1C(=O)CSC1=NC(=O)NOC(C)c1ccc(-c2ncn(-c3ccc(OC(F)(F)F)cc3)n2)cc1. The summed E-state index contributed by atoms with van der Waals surface area (Å²) in [4.78, 5) is 40.7. The van der Waals surface area contributed by atoms with Crippen LogP contribution in [0, 0.1) is 6.92 Å². The van der Waals surface area contributed by atoms with Crippen LogP contribution in [0.1, 0.15) is 29.7 Å². The zero-order valence-corrected chi connectivity index (χ0v) is 25.1. The van der Waals surface area contributed by atoms with E-state index in [9.17, 15) is 22.8 Å². The second-order valence-electron chi connectivity index (χ2n) is 9.82. The van der Waals surface area contributed by atoms with Crippen LogP contribution >= 0.6 is 11.8 Å². The third kappa shape index (κ3) is 7.87. The van der Waals surface area contributed by atoms with Gasteiger partial charge in [-0.15, -0.1) is 18.3 Å². The van der Waals surface area contributed by atoms with Crippen LogP contribution in [0.15, 0.2) is 78.0 Å².